The molecular formula is C50H76O15. The number of fused-ring (bicyclic) bond motifs is 2. The van der Waals surface area contributed by atoms with Crippen LogP contribution < -0.4 is 0 Å². The summed E-state index contributed by atoms with van der Waals surface area (Å²) in [6.07, 6.45) is 7.96. The second-order valence-electron chi connectivity index (χ2n) is 20.5. The molecule has 366 valence electrons. The van der Waals surface area contributed by atoms with Gasteiger partial charge in [-0.3, -0.25) is 4.79 Å². The predicted octanol–water partition coefficient (Wildman–Crippen LogP) is 5.11. The molecule has 0 amide bonds. The van der Waals surface area contributed by atoms with E-state index in [0.717, 1.165) is 31.3 Å². The van der Waals surface area contributed by atoms with E-state index in [1.54, 1.807) is 40.2 Å². The van der Waals surface area contributed by atoms with E-state index in [4.69, 9.17) is 47.4 Å². The maximum Gasteiger partial charge on any atom is 0.316 e. The second-order valence-corrected chi connectivity index (χ2v) is 20.5. The Hall–Kier alpha value is -2.09. The Morgan fingerprint density at radius 3 is 2.26 bits per heavy atom. The van der Waals surface area contributed by atoms with Crippen molar-refractivity contribution in [2.45, 2.75) is 215 Å². The lowest BCUT2D eigenvalue weighted by Crippen LogP contribution is -2.60. The van der Waals surface area contributed by atoms with Crippen LogP contribution in [0, 0.1) is 23.7 Å². The van der Waals surface area contributed by atoms with Crippen molar-refractivity contribution in [3.63, 3.8) is 0 Å². The summed E-state index contributed by atoms with van der Waals surface area (Å²) in [6, 6.07) is 0. The number of allylic oxidation sites excluding steroid dienone is 2. The maximum atomic E-state index is 14.5. The number of esters is 1. The van der Waals surface area contributed by atoms with Crippen molar-refractivity contribution in [2.75, 3.05) is 20.8 Å². The first kappa shape index (κ1) is 49.3. The summed E-state index contributed by atoms with van der Waals surface area (Å²) in [4.78, 5) is 14.5. The third-order valence-electron chi connectivity index (χ3n) is 15.9. The fraction of sp³-hybridized carbons (Fsp3) is 0.820. The standard InChI is InChI=1S/C50H76O15/c1-26-13-12-16-33-25-58-47-42(52)28(3)19-36(50(33,47)55)48(54)61-35-20-34(64-49(23-35)24-37(51)29(4)45(65-49)32-14-10-9-11-15-32)18-17-27(2)44(26)62-41-22-39(57-8)46(31(6)60-41)63-40-21-38(56-7)43(53)30(5)59-40/h12-13,16-17,19,26,29-32,34-47,51-53,55H,9-11,14-15,18,20-25H2,1-8H3/b13-12+,27-17+,33-16+/t26-,29-,30-,31-,34+,35-,36-,37-,38-,39-,40-,41-,42+,43-,44-,45?,46-,47+,49-,50+/m0/s1. The molecule has 4 N–H and O–H groups in total. The number of carbonyl (C=O) groups is 1. The molecule has 0 aromatic rings. The van der Waals surface area contributed by atoms with Gasteiger partial charge in [-0.25, -0.2) is 0 Å². The first-order chi connectivity index (χ1) is 31.0. The lowest BCUT2D eigenvalue weighted by Gasteiger charge is -2.53. The number of hydrogen-bond acceptors (Lipinski definition) is 15. The zero-order chi connectivity index (χ0) is 46.4. The van der Waals surface area contributed by atoms with Crippen molar-refractivity contribution in [1.29, 1.82) is 0 Å². The molecule has 0 aromatic carbocycles. The number of methoxy groups -OCH3 is 2. The van der Waals surface area contributed by atoms with E-state index >= 15 is 0 Å². The molecule has 8 aliphatic rings. The molecule has 1 unspecified atom stereocenters. The molecule has 6 aliphatic heterocycles. The van der Waals surface area contributed by atoms with Crippen molar-refractivity contribution >= 4 is 5.97 Å². The van der Waals surface area contributed by atoms with Gasteiger partial charge in [0.2, 0.25) is 0 Å². The van der Waals surface area contributed by atoms with Crippen LogP contribution in [0.2, 0.25) is 0 Å². The summed E-state index contributed by atoms with van der Waals surface area (Å²) in [6.45, 7) is 11.6. The summed E-state index contributed by atoms with van der Waals surface area (Å²) >= 11 is 0. The Morgan fingerprint density at radius 1 is 0.815 bits per heavy atom. The zero-order valence-corrected chi connectivity index (χ0v) is 39.6. The lowest BCUT2D eigenvalue weighted by atomic mass is 9.71. The van der Waals surface area contributed by atoms with Gasteiger partial charge in [0.25, 0.3) is 0 Å². The molecule has 0 aromatic heterocycles. The van der Waals surface area contributed by atoms with E-state index in [9.17, 15) is 25.2 Å². The van der Waals surface area contributed by atoms with Crippen LogP contribution >= 0.6 is 0 Å². The van der Waals surface area contributed by atoms with E-state index in [0.29, 0.717) is 42.7 Å². The first-order valence-corrected chi connectivity index (χ1v) is 24.4. The highest BCUT2D eigenvalue weighted by Crippen LogP contribution is 2.49. The number of aliphatic hydroxyl groups excluding tert-OH is 3. The van der Waals surface area contributed by atoms with Gasteiger partial charge >= 0.3 is 5.97 Å². The van der Waals surface area contributed by atoms with Crippen molar-refractivity contribution in [2.24, 2.45) is 23.7 Å². The van der Waals surface area contributed by atoms with Gasteiger partial charge in [-0.1, -0.05) is 63.5 Å². The molecule has 15 nitrogen and oxygen atoms in total. The van der Waals surface area contributed by atoms with Crippen LogP contribution in [0.25, 0.3) is 0 Å². The minimum absolute atomic E-state index is 0.0165. The highest BCUT2D eigenvalue weighted by atomic mass is 16.7. The largest absolute Gasteiger partial charge is 0.462 e. The molecule has 2 bridgehead atoms. The smallest absolute Gasteiger partial charge is 0.316 e. The third-order valence-corrected chi connectivity index (χ3v) is 15.9. The van der Waals surface area contributed by atoms with Crippen LogP contribution in [0.5, 0.6) is 0 Å². The lowest BCUT2D eigenvalue weighted by molar-refractivity contribution is -0.355. The highest BCUT2D eigenvalue weighted by molar-refractivity contribution is 5.78. The summed E-state index contributed by atoms with van der Waals surface area (Å²) in [5.41, 5.74) is 0.0560. The van der Waals surface area contributed by atoms with Gasteiger partial charge in [0, 0.05) is 58.2 Å². The molecule has 8 rings (SSSR count). The highest BCUT2D eigenvalue weighted by Gasteiger charge is 2.60. The van der Waals surface area contributed by atoms with Gasteiger partial charge in [0.05, 0.1) is 55.4 Å². The van der Waals surface area contributed by atoms with Crippen LogP contribution in [0.3, 0.4) is 0 Å². The normalized spacial score (nSPS) is 50.0. The van der Waals surface area contributed by atoms with Crippen molar-refractivity contribution in [1.82, 2.24) is 0 Å². The number of hydrogen-bond donors (Lipinski definition) is 4. The average molecular weight is 917 g/mol. The summed E-state index contributed by atoms with van der Waals surface area (Å²) < 4.78 is 64.1. The Morgan fingerprint density at radius 2 is 1.52 bits per heavy atom. The Bertz CT molecular complexity index is 1780. The number of carbonyl (C=O) groups excluding carboxylic acids is 1. The molecule has 5 saturated heterocycles. The molecule has 6 fully saturated rings. The molecule has 6 heterocycles. The van der Waals surface area contributed by atoms with Crippen LogP contribution in [-0.2, 0) is 52.2 Å². The van der Waals surface area contributed by atoms with Crippen LogP contribution in [0.4, 0.5) is 0 Å². The van der Waals surface area contributed by atoms with Gasteiger partial charge in [-0.2, -0.15) is 0 Å². The molecule has 2 aliphatic carbocycles. The number of rotatable bonds is 7. The van der Waals surface area contributed by atoms with E-state index in [-0.39, 0.29) is 37.4 Å². The minimum atomic E-state index is -1.86. The predicted molar refractivity (Wildman–Crippen MR) is 236 cm³/mol. The van der Waals surface area contributed by atoms with Gasteiger partial charge in [0.15, 0.2) is 18.4 Å². The van der Waals surface area contributed by atoms with Crippen molar-refractivity contribution in [3.8, 4) is 0 Å². The molecule has 65 heavy (non-hydrogen) atoms. The quantitative estimate of drug-likeness (QED) is 0.195. The van der Waals surface area contributed by atoms with Crippen molar-refractivity contribution in [3.05, 3.63) is 47.1 Å². The molecule has 0 radical (unpaired) electrons. The average Bonchev–Trinajstić information content (AvgIpc) is 3.62. The van der Waals surface area contributed by atoms with Crippen LogP contribution in [-0.4, -0.2) is 151 Å². The first-order valence-electron chi connectivity index (χ1n) is 24.4. The summed E-state index contributed by atoms with van der Waals surface area (Å²) in [5.74, 6) is -2.95. The molecule has 1 spiro atoms. The summed E-state index contributed by atoms with van der Waals surface area (Å²) in [7, 11) is 3.21. The van der Waals surface area contributed by atoms with Gasteiger partial charge in [0.1, 0.15) is 42.0 Å². The Kier molecular flexibility index (Phi) is 15.5. The van der Waals surface area contributed by atoms with Crippen LogP contribution in [0.15, 0.2) is 47.1 Å². The summed E-state index contributed by atoms with van der Waals surface area (Å²) in [5, 5.41) is 46.0. The minimum Gasteiger partial charge on any atom is -0.462 e. The van der Waals surface area contributed by atoms with E-state index in [1.165, 1.54) is 6.42 Å². The SMILES string of the molecule is CO[C@H]1C[C@H](O[C@H]2[C@H](C)O[C@@H](O[C@@H]3/C(C)=C/C[C@@H]4C[C@@H](C[C@]5(C[C@H](O)[C@H](C)C(C6CCCCC6)O5)O4)OC(=O)[C@@H]4C=C(C)[C@@H](O)[C@H]5OC/C(=C\C=C\[C@@H]3C)[C@]54O)C[C@@H]2OC)O[C@@H](C)[C@@H]1O. The van der Waals surface area contributed by atoms with Gasteiger partial charge in [-0.15, -0.1) is 0 Å². The number of ether oxygens (including phenoxy) is 10. The maximum absolute atomic E-state index is 14.5. The van der Waals surface area contributed by atoms with Gasteiger partial charge in [-0.05, 0) is 69.6 Å². The Labute approximate surface area is 384 Å². The second kappa shape index (κ2) is 20.5. The van der Waals surface area contributed by atoms with Crippen LogP contribution in [0.1, 0.15) is 112 Å². The third kappa shape index (κ3) is 10.2. The van der Waals surface area contributed by atoms with E-state index < -0.39 is 109 Å². The van der Waals surface area contributed by atoms with E-state index in [2.05, 4.69) is 19.9 Å². The molecule has 1 saturated carbocycles. The molecule has 20 atom stereocenters. The monoisotopic (exact) mass is 917 g/mol. The zero-order valence-electron chi connectivity index (χ0n) is 39.6. The molecular weight excluding hydrogens is 841 g/mol. The number of aliphatic hydroxyl groups is 4. The fourth-order valence-electron chi connectivity index (χ4n) is 12.1. The Balaban J connectivity index is 1.09. The fourth-order valence-corrected chi connectivity index (χ4v) is 12.1. The topological polar surface area (TPSA) is 190 Å². The van der Waals surface area contributed by atoms with E-state index in [1.807, 2.05) is 26.0 Å². The van der Waals surface area contributed by atoms with Gasteiger partial charge < -0.3 is 67.8 Å². The van der Waals surface area contributed by atoms with Crippen molar-refractivity contribution < 1.29 is 72.6 Å². The molecule has 15 heteroatoms.